The highest BCUT2D eigenvalue weighted by Crippen LogP contribution is 2.32. The van der Waals surface area contributed by atoms with Gasteiger partial charge in [0.1, 0.15) is 5.84 Å². The second-order valence-corrected chi connectivity index (χ2v) is 10.3. The predicted octanol–water partition coefficient (Wildman–Crippen LogP) is 3.92. The molecular formula is C21H22BrClN4O5S. The molecule has 33 heavy (non-hydrogen) atoms. The van der Waals surface area contributed by atoms with Gasteiger partial charge in [0, 0.05) is 25.7 Å². The average Bonchev–Trinajstić information content (AvgIpc) is 3.01. The summed E-state index contributed by atoms with van der Waals surface area (Å²) in [5, 5.41) is 6.31. The van der Waals surface area contributed by atoms with Crippen LogP contribution >= 0.6 is 38.9 Å². The number of aliphatic imine (C=N–C) groups is 1. The Balaban J connectivity index is 1.43. The number of hydrogen-bond acceptors (Lipinski definition) is 7. The predicted molar refractivity (Wildman–Crippen MR) is 131 cm³/mol. The minimum absolute atomic E-state index is 0.0397. The quantitative estimate of drug-likeness (QED) is 0.578. The number of amidine groups is 1. The van der Waals surface area contributed by atoms with E-state index in [1.165, 1.54) is 11.3 Å². The monoisotopic (exact) mass is 556 g/mol. The Hall–Kier alpha value is -2.18. The third-order valence-corrected chi connectivity index (χ3v) is 7.01. The zero-order valence-corrected chi connectivity index (χ0v) is 20.9. The molecule has 2 saturated heterocycles. The van der Waals surface area contributed by atoms with E-state index in [0.29, 0.717) is 42.0 Å². The second-order valence-electron chi connectivity index (χ2n) is 7.42. The molecule has 0 radical (unpaired) electrons. The number of halogens is 2. The van der Waals surface area contributed by atoms with Gasteiger partial charge in [-0.05, 0) is 46.3 Å². The molecule has 0 bridgehead atoms. The van der Waals surface area contributed by atoms with Crippen molar-refractivity contribution in [1.29, 1.82) is 0 Å². The van der Waals surface area contributed by atoms with Crippen molar-refractivity contribution in [2.45, 2.75) is 12.0 Å². The third kappa shape index (κ3) is 5.49. The Kier molecular flexibility index (Phi) is 7.55. The molecule has 0 spiro atoms. The summed E-state index contributed by atoms with van der Waals surface area (Å²) in [7, 11) is 1.74. The molecule has 2 aliphatic heterocycles. The molecule has 0 atom stereocenters. The van der Waals surface area contributed by atoms with E-state index in [0.717, 1.165) is 15.3 Å². The van der Waals surface area contributed by atoms with Gasteiger partial charge >= 0.3 is 6.09 Å². The fourth-order valence-corrected chi connectivity index (χ4v) is 4.94. The number of carbonyl (C=O) groups excluding carboxylic acids is 2. The van der Waals surface area contributed by atoms with Crippen LogP contribution in [0.15, 0.2) is 39.1 Å². The van der Waals surface area contributed by atoms with Crippen molar-refractivity contribution in [1.82, 2.24) is 5.32 Å². The average molecular weight is 558 g/mol. The number of thiophene rings is 1. The molecule has 9 nitrogen and oxygen atoms in total. The van der Waals surface area contributed by atoms with Crippen molar-refractivity contribution >= 4 is 68.1 Å². The van der Waals surface area contributed by atoms with E-state index < -0.39 is 17.5 Å². The SMILES string of the molecule is CN=C1CCOCCN1c1ccc(NC(=O)C2(NC(=O)Oc3ccc(Br)s3)COC2)cc1Cl. The molecular weight excluding hydrogens is 536 g/mol. The van der Waals surface area contributed by atoms with E-state index in [4.69, 9.17) is 25.8 Å². The van der Waals surface area contributed by atoms with Crippen LogP contribution < -0.4 is 20.3 Å². The fraction of sp³-hybridized carbons (Fsp3) is 0.381. The van der Waals surface area contributed by atoms with Crippen LogP contribution in [0.3, 0.4) is 0 Å². The first-order valence-electron chi connectivity index (χ1n) is 10.2. The zero-order valence-electron chi connectivity index (χ0n) is 17.7. The maximum absolute atomic E-state index is 13.0. The molecule has 0 aliphatic carbocycles. The van der Waals surface area contributed by atoms with Gasteiger partial charge in [0.15, 0.2) is 10.6 Å². The van der Waals surface area contributed by atoms with Gasteiger partial charge in [-0.3, -0.25) is 9.79 Å². The first kappa shape index (κ1) is 24.0. The Morgan fingerprint density at radius 1 is 1.24 bits per heavy atom. The number of rotatable bonds is 5. The Morgan fingerprint density at radius 2 is 2.06 bits per heavy atom. The Bertz CT molecular complexity index is 1070. The highest BCUT2D eigenvalue weighted by molar-refractivity contribution is 9.11. The van der Waals surface area contributed by atoms with Gasteiger partial charge in [-0.2, -0.15) is 0 Å². The van der Waals surface area contributed by atoms with Gasteiger partial charge in [-0.25, -0.2) is 4.79 Å². The number of ether oxygens (including phenoxy) is 3. The van der Waals surface area contributed by atoms with E-state index in [2.05, 4.69) is 31.6 Å². The molecule has 12 heteroatoms. The topological polar surface area (TPSA) is 101 Å². The lowest BCUT2D eigenvalue weighted by Gasteiger charge is -2.39. The molecule has 2 N–H and O–H groups in total. The molecule has 3 heterocycles. The van der Waals surface area contributed by atoms with Crippen LogP contribution in [0.4, 0.5) is 16.2 Å². The molecule has 2 aliphatic rings. The number of nitrogens with one attached hydrogen (secondary N) is 2. The number of nitrogens with zero attached hydrogens (tertiary/aromatic N) is 2. The van der Waals surface area contributed by atoms with Crippen molar-refractivity contribution in [3.8, 4) is 5.06 Å². The smallest absolute Gasteiger partial charge is 0.399 e. The summed E-state index contributed by atoms with van der Waals surface area (Å²) < 4.78 is 16.8. The largest absolute Gasteiger partial charge is 0.414 e. The van der Waals surface area contributed by atoms with Crippen LogP contribution in [0.5, 0.6) is 5.06 Å². The van der Waals surface area contributed by atoms with Crippen molar-refractivity contribution in [3.05, 3.63) is 39.1 Å². The van der Waals surface area contributed by atoms with Crippen molar-refractivity contribution < 1.29 is 23.8 Å². The lowest BCUT2D eigenvalue weighted by atomic mass is 9.96. The summed E-state index contributed by atoms with van der Waals surface area (Å²) in [5.41, 5.74) is 0.0608. The van der Waals surface area contributed by atoms with Crippen molar-refractivity contribution in [2.75, 3.05) is 50.2 Å². The van der Waals surface area contributed by atoms with Crippen LogP contribution in [-0.4, -0.2) is 63.4 Å². The number of anilines is 2. The van der Waals surface area contributed by atoms with Gasteiger partial charge in [0.25, 0.3) is 5.91 Å². The van der Waals surface area contributed by atoms with Crippen molar-refractivity contribution in [2.24, 2.45) is 4.99 Å². The normalized spacial score (nSPS) is 18.9. The van der Waals surface area contributed by atoms with Crippen molar-refractivity contribution in [3.63, 3.8) is 0 Å². The fourth-order valence-electron chi connectivity index (χ4n) is 3.46. The molecule has 2 fully saturated rings. The number of benzene rings is 1. The molecule has 1 aromatic carbocycles. The van der Waals surface area contributed by atoms with Crippen LogP contribution in [0, 0.1) is 0 Å². The minimum atomic E-state index is -1.22. The summed E-state index contributed by atoms with van der Waals surface area (Å²) in [6.07, 6.45) is -0.0381. The maximum Gasteiger partial charge on any atom is 0.414 e. The number of hydrogen-bond donors (Lipinski definition) is 2. The highest BCUT2D eigenvalue weighted by Gasteiger charge is 2.48. The first-order valence-corrected chi connectivity index (χ1v) is 12.1. The Morgan fingerprint density at radius 3 is 2.70 bits per heavy atom. The molecule has 1 aromatic heterocycles. The van der Waals surface area contributed by atoms with Gasteiger partial charge in [-0.15, -0.1) is 0 Å². The number of carbonyl (C=O) groups is 2. The van der Waals surface area contributed by atoms with Gasteiger partial charge in [0.05, 0.1) is 40.9 Å². The zero-order chi connectivity index (χ0) is 23.4. The summed E-state index contributed by atoms with van der Waals surface area (Å²) >= 11 is 11.1. The Labute approximate surface area is 208 Å². The van der Waals surface area contributed by atoms with Crippen LogP contribution in [-0.2, 0) is 14.3 Å². The van der Waals surface area contributed by atoms with E-state index >= 15 is 0 Å². The first-order chi connectivity index (χ1) is 15.9. The van der Waals surface area contributed by atoms with Gasteiger partial charge in [0.2, 0.25) is 0 Å². The van der Waals surface area contributed by atoms with Crippen LogP contribution in [0.2, 0.25) is 5.02 Å². The molecule has 2 aromatic rings. The lowest BCUT2D eigenvalue weighted by molar-refractivity contribution is -0.141. The van der Waals surface area contributed by atoms with E-state index in [1.807, 2.05) is 11.0 Å². The number of amides is 2. The molecule has 2 amide bonds. The van der Waals surface area contributed by atoms with Crippen LogP contribution in [0.1, 0.15) is 6.42 Å². The summed E-state index contributed by atoms with van der Waals surface area (Å²) in [5.74, 6) is 0.470. The molecule has 0 unspecified atom stereocenters. The van der Waals surface area contributed by atoms with E-state index in [1.54, 1.807) is 31.3 Å². The molecule has 4 rings (SSSR count). The third-order valence-electron chi connectivity index (χ3n) is 5.21. The summed E-state index contributed by atoms with van der Waals surface area (Å²) in [6, 6.07) is 8.68. The standard InChI is InChI=1S/C21H22BrClN4O5S/c1-24-17-6-8-30-9-7-27(17)15-3-2-13(10-14(15)23)25-19(28)21(11-31-12-21)26-20(29)32-18-5-4-16(22)33-18/h2-5,10H,6-9,11-12H2,1H3,(H,25,28)(H,26,29). The lowest BCUT2D eigenvalue weighted by Crippen LogP contribution is -2.69. The molecule has 0 saturated carbocycles. The highest BCUT2D eigenvalue weighted by atomic mass is 79.9. The summed E-state index contributed by atoms with van der Waals surface area (Å²) in [4.78, 5) is 31.7. The second kappa shape index (κ2) is 10.4. The molecule has 176 valence electrons. The van der Waals surface area contributed by atoms with Crippen LogP contribution in [0.25, 0.3) is 0 Å². The summed E-state index contributed by atoms with van der Waals surface area (Å²) in [6.45, 7) is 1.89. The van der Waals surface area contributed by atoms with E-state index in [9.17, 15) is 9.59 Å². The van der Waals surface area contributed by atoms with Gasteiger partial charge in [-0.1, -0.05) is 22.9 Å². The van der Waals surface area contributed by atoms with E-state index in [-0.39, 0.29) is 13.2 Å². The minimum Gasteiger partial charge on any atom is -0.399 e. The van der Waals surface area contributed by atoms with Gasteiger partial charge < -0.3 is 29.7 Å². The maximum atomic E-state index is 13.0.